The summed E-state index contributed by atoms with van der Waals surface area (Å²) in [5.41, 5.74) is 0.186. The molecule has 1 fully saturated rings. The normalized spacial score (nSPS) is 24.9. The molecule has 0 aliphatic carbocycles. The van der Waals surface area contributed by atoms with E-state index in [0.29, 0.717) is 6.54 Å². The van der Waals surface area contributed by atoms with Gasteiger partial charge in [0.25, 0.3) is 5.91 Å². The lowest BCUT2D eigenvalue weighted by atomic mass is 9.94. The monoisotopic (exact) mass is 223 g/mol. The number of rotatable bonds is 2. The third-order valence-electron chi connectivity index (χ3n) is 2.68. The van der Waals surface area contributed by atoms with Gasteiger partial charge in [0, 0.05) is 6.54 Å². The molecule has 0 radical (unpaired) electrons. The molecule has 7 heteroatoms. The number of H-pyrrole nitrogens is 1. The summed E-state index contributed by atoms with van der Waals surface area (Å²) in [6.45, 7) is 2.60. The first-order valence-electron chi connectivity index (χ1n) is 5.13. The summed E-state index contributed by atoms with van der Waals surface area (Å²) in [6, 6.07) is -0.488. The van der Waals surface area contributed by atoms with E-state index in [9.17, 15) is 9.59 Å². The Kier molecular flexibility index (Phi) is 2.84. The van der Waals surface area contributed by atoms with Gasteiger partial charge < -0.3 is 10.6 Å². The Balaban J connectivity index is 2.03. The lowest BCUT2D eigenvalue weighted by Gasteiger charge is -2.28. The molecular formula is C9H13N5O2. The molecule has 0 bridgehead atoms. The first-order chi connectivity index (χ1) is 7.68. The summed E-state index contributed by atoms with van der Waals surface area (Å²) < 4.78 is 0. The number of hydrogen-bond acceptors (Lipinski definition) is 4. The number of amides is 2. The Morgan fingerprint density at radius 3 is 3.06 bits per heavy atom. The summed E-state index contributed by atoms with van der Waals surface area (Å²) >= 11 is 0. The van der Waals surface area contributed by atoms with Crippen LogP contribution >= 0.6 is 0 Å². The van der Waals surface area contributed by atoms with Gasteiger partial charge in [-0.3, -0.25) is 9.59 Å². The van der Waals surface area contributed by atoms with E-state index in [0.717, 1.165) is 6.42 Å². The number of hydrogen-bond donors (Lipinski definition) is 3. The van der Waals surface area contributed by atoms with Crippen LogP contribution in [0.4, 0.5) is 0 Å². The molecule has 2 atom stereocenters. The van der Waals surface area contributed by atoms with Crippen LogP contribution in [0.2, 0.25) is 0 Å². The third kappa shape index (κ3) is 2.02. The van der Waals surface area contributed by atoms with Crippen molar-refractivity contribution in [1.29, 1.82) is 0 Å². The van der Waals surface area contributed by atoms with Gasteiger partial charge in [0.15, 0.2) is 5.69 Å². The Morgan fingerprint density at radius 1 is 1.62 bits per heavy atom. The van der Waals surface area contributed by atoms with Gasteiger partial charge in [-0.05, 0) is 12.3 Å². The van der Waals surface area contributed by atoms with Crippen molar-refractivity contribution >= 4 is 11.8 Å². The van der Waals surface area contributed by atoms with E-state index in [2.05, 4.69) is 26.0 Å². The number of aromatic amines is 1. The average Bonchev–Trinajstić information content (AvgIpc) is 2.76. The molecule has 2 amide bonds. The van der Waals surface area contributed by atoms with Crippen molar-refractivity contribution in [3.63, 3.8) is 0 Å². The first-order valence-corrected chi connectivity index (χ1v) is 5.13. The minimum atomic E-state index is -0.488. The smallest absolute Gasteiger partial charge is 0.274 e. The zero-order chi connectivity index (χ0) is 11.5. The van der Waals surface area contributed by atoms with Gasteiger partial charge in [-0.15, -0.1) is 0 Å². The Morgan fingerprint density at radius 2 is 2.44 bits per heavy atom. The number of nitrogens with zero attached hydrogens (tertiary/aromatic N) is 2. The van der Waals surface area contributed by atoms with Gasteiger partial charge >= 0.3 is 0 Å². The van der Waals surface area contributed by atoms with Crippen LogP contribution in [-0.2, 0) is 4.79 Å². The average molecular weight is 223 g/mol. The van der Waals surface area contributed by atoms with Crippen LogP contribution in [0.1, 0.15) is 23.8 Å². The molecule has 1 aliphatic rings. The van der Waals surface area contributed by atoms with Crippen molar-refractivity contribution in [3.8, 4) is 0 Å². The highest BCUT2D eigenvalue weighted by molar-refractivity contribution is 5.96. The molecule has 1 aliphatic heterocycles. The maximum absolute atomic E-state index is 11.7. The summed E-state index contributed by atoms with van der Waals surface area (Å²) in [7, 11) is 0. The van der Waals surface area contributed by atoms with Gasteiger partial charge in [-0.25, -0.2) is 0 Å². The van der Waals surface area contributed by atoms with E-state index in [4.69, 9.17) is 0 Å². The Bertz CT molecular complexity index is 389. The Labute approximate surface area is 92.0 Å². The van der Waals surface area contributed by atoms with Crippen LogP contribution < -0.4 is 10.6 Å². The molecule has 0 saturated carbocycles. The molecular weight excluding hydrogens is 210 g/mol. The predicted molar refractivity (Wildman–Crippen MR) is 54.4 cm³/mol. The van der Waals surface area contributed by atoms with Crippen LogP contribution in [0.15, 0.2) is 6.20 Å². The number of carbonyl (C=O) groups excluding carboxylic acids is 2. The fourth-order valence-electron chi connectivity index (χ4n) is 1.69. The predicted octanol–water partition coefficient (Wildman–Crippen LogP) is -0.941. The second-order valence-electron chi connectivity index (χ2n) is 3.86. The molecule has 7 nitrogen and oxygen atoms in total. The van der Waals surface area contributed by atoms with E-state index in [-0.39, 0.29) is 23.4 Å². The van der Waals surface area contributed by atoms with Crippen LogP contribution in [0.3, 0.4) is 0 Å². The number of aromatic nitrogens is 3. The van der Waals surface area contributed by atoms with Crippen molar-refractivity contribution in [2.24, 2.45) is 5.92 Å². The molecule has 0 spiro atoms. The van der Waals surface area contributed by atoms with Gasteiger partial charge in [0.05, 0.1) is 6.20 Å². The third-order valence-corrected chi connectivity index (χ3v) is 2.68. The topological polar surface area (TPSA) is 99.8 Å². The van der Waals surface area contributed by atoms with Crippen LogP contribution in [0, 0.1) is 5.92 Å². The molecule has 1 aromatic rings. The molecule has 0 aromatic carbocycles. The molecule has 2 heterocycles. The van der Waals surface area contributed by atoms with Crippen LogP contribution in [0.25, 0.3) is 0 Å². The largest absolute Gasteiger partial charge is 0.354 e. The standard InChI is InChI=1S/C9H13N5O2/c1-5-2-3-10-9(16)7(5)12-8(15)6-4-11-14-13-6/h4-5,7H,2-3H2,1H3,(H,10,16)(H,12,15)(H,11,13,14). The molecule has 2 rings (SSSR count). The quantitative estimate of drug-likeness (QED) is 0.602. The lowest BCUT2D eigenvalue weighted by molar-refractivity contribution is -0.125. The van der Waals surface area contributed by atoms with Crippen molar-refractivity contribution < 1.29 is 9.59 Å². The molecule has 3 N–H and O–H groups in total. The maximum Gasteiger partial charge on any atom is 0.274 e. The van der Waals surface area contributed by atoms with Crippen LogP contribution in [-0.4, -0.2) is 39.8 Å². The molecule has 1 aromatic heterocycles. The lowest BCUT2D eigenvalue weighted by Crippen LogP contribution is -2.54. The summed E-state index contributed by atoms with van der Waals surface area (Å²) in [5.74, 6) is -0.400. The molecule has 86 valence electrons. The van der Waals surface area contributed by atoms with Gasteiger partial charge in [0.1, 0.15) is 6.04 Å². The van der Waals surface area contributed by atoms with E-state index in [1.807, 2.05) is 6.92 Å². The van der Waals surface area contributed by atoms with Gasteiger partial charge in [0.2, 0.25) is 5.91 Å². The highest BCUT2D eigenvalue weighted by atomic mass is 16.2. The molecule has 16 heavy (non-hydrogen) atoms. The van der Waals surface area contributed by atoms with Crippen molar-refractivity contribution in [2.45, 2.75) is 19.4 Å². The van der Waals surface area contributed by atoms with Crippen molar-refractivity contribution in [1.82, 2.24) is 26.0 Å². The maximum atomic E-state index is 11.7. The second kappa shape index (κ2) is 4.30. The molecule has 1 saturated heterocycles. The SMILES string of the molecule is CC1CCNC(=O)C1NC(=O)c1cn[nH]n1. The van der Waals surface area contributed by atoms with E-state index >= 15 is 0 Å². The van der Waals surface area contributed by atoms with Crippen molar-refractivity contribution in [3.05, 3.63) is 11.9 Å². The first kappa shape index (κ1) is 10.6. The minimum Gasteiger partial charge on any atom is -0.354 e. The zero-order valence-corrected chi connectivity index (χ0v) is 8.86. The van der Waals surface area contributed by atoms with Gasteiger partial charge in [-0.1, -0.05) is 6.92 Å². The van der Waals surface area contributed by atoms with Crippen LogP contribution in [0.5, 0.6) is 0 Å². The Hall–Kier alpha value is -1.92. The highest BCUT2D eigenvalue weighted by Gasteiger charge is 2.30. The van der Waals surface area contributed by atoms with E-state index in [1.54, 1.807) is 0 Å². The number of piperidine rings is 1. The highest BCUT2D eigenvalue weighted by Crippen LogP contribution is 2.12. The number of carbonyl (C=O) groups is 2. The molecule has 2 unspecified atom stereocenters. The minimum absolute atomic E-state index is 0.129. The summed E-state index contributed by atoms with van der Waals surface area (Å²) in [4.78, 5) is 23.2. The zero-order valence-electron chi connectivity index (χ0n) is 8.86. The van der Waals surface area contributed by atoms with Crippen molar-refractivity contribution in [2.75, 3.05) is 6.54 Å². The van der Waals surface area contributed by atoms with E-state index in [1.165, 1.54) is 6.20 Å². The summed E-state index contributed by atoms with van der Waals surface area (Å²) in [5, 5.41) is 14.9. The fourth-order valence-corrected chi connectivity index (χ4v) is 1.69. The van der Waals surface area contributed by atoms with E-state index < -0.39 is 6.04 Å². The number of nitrogens with one attached hydrogen (secondary N) is 3. The summed E-state index contributed by atoms with van der Waals surface area (Å²) in [6.07, 6.45) is 2.18. The van der Waals surface area contributed by atoms with Gasteiger partial charge in [-0.2, -0.15) is 15.4 Å². The second-order valence-corrected chi connectivity index (χ2v) is 3.86. The fraction of sp³-hybridized carbons (Fsp3) is 0.556.